The molecule has 60 heavy (non-hydrogen) atoms. The number of fused-ring (bicyclic) bond motifs is 4. The molecule has 13 heteroatoms. The predicted octanol–water partition coefficient (Wildman–Crippen LogP) is 9.83. The minimum Gasteiger partial charge on any atom is -0.478 e. The van der Waals surface area contributed by atoms with Crippen molar-refractivity contribution in [1.82, 2.24) is 4.58 Å². The maximum Gasteiger partial charge on any atom is 0.337 e. The van der Waals surface area contributed by atoms with Crippen LogP contribution in [0.3, 0.4) is 0 Å². The molecule has 0 spiro atoms. The molecule has 5 aliphatic heterocycles. The fraction of sp³-hybridized carbons (Fsp3) is 0.553. The van der Waals surface area contributed by atoms with Crippen LogP contribution in [0, 0.1) is 0 Å². The van der Waals surface area contributed by atoms with Crippen molar-refractivity contribution in [2.75, 3.05) is 69.1 Å². The number of anilines is 1. The first-order valence-corrected chi connectivity index (χ1v) is 24.7. The van der Waals surface area contributed by atoms with Crippen LogP contribution in [0.4, 0.5) is 5.69 Å². The van der Waals surface area contributed by atoms with Gasteiger partial charge in [0, 0.05) is 95.1 Å². The van der Waals surface area contributed by atoms with Crippen LogP contribution in [0.25, 0.3) is 5.57 Å². The monoisotopic (exact) mass is 915 g/mol. The second kappa shape index (κ2) is 20.3. The van der Waals surface area contributed by atoms with Crippen LogP contribution >= 0.6 is 58.2 Å². The number of aromatic carboxylic acids is 1. The lowest BCUT2D eigenvalue weighted by atomic mass is 9.83. The molecule has 0 saturated heterocycles. The maximum absolute atomic E-state index is 13.4. The number of carbonyl (C=O) groups excluding carboxylic acids is 1. The van der Waals surface area contributed by atoms with Gasteiger partial charge in [0.05, 0.1) is 45.2 Å². The smallest absolute Gasteiger partial charge is 0.337 e. The Morgan fingerprint density at radius 3 is 2.32 bits per heavy atom. The molecular weight excluding hydrogens is 862 g/mol. The van der Waals surface area contributed by atoms with Gasteiger partial charge in [-0.05, 0) is 88.3 Å². The number of carboxylic acid groups (broad SMARTS) is 1. The van der Waals surface area contributed by atoms with Crippen LogP contribution in [0.1, 0.15) is 121 Å². The Balaban J connectivity index is 1.15. The number of rotatable bonds is 18. The first-order chi connectivity index (χ1) is 29.3. The number of carboxylic acids is 1. The SMILES string of the molecule is O=C(CCCOCCOCCCCCCCl)CSc1c(Cl)c(Cl)c(C(=O)O)c(C2=c3cc4c5c(c3Oc3c2cc2c6c3CCCN6CCCC2)CCC[N+]=5CCCC4)c1Cl. The fourth-order valence-corrected chi connectivity index (χ4v) is 12.1. The highest BCUT2D eigenvalue weighted by Gasteiger charge is 2.38. The molecular formula is C47H55Cl4N2O6S+. The minimum absolute atomic E-state index is 0.0102. The molecule has 3 aromatic rings. The zero-order valence-electron chi connectivity index (χ0n) is 34.3. The van der Waals surface area contributed by atoms with Crippen molar-refractivity contribution in [3.05, 3.63) is 76.7 Å². The van der Waals surface area contributed by atoms with Gasteiger partial charge in [-0.1, -0.05) is 47.6 Å². The zero-order chi connectivity index (χ0) is 41.8. The van der Waals surface area contributed by atoms with Crippen molar-refractivity contribution in [2.45, 2.75) is 108 Å². The Morgan fingerprint density at radius 1 is 0.767 bits per heavy atom. The van der Waals surface area contributed by atoms with E-state index in [1.165, 1.54) is 45.1 Å². The first kappa shape index (κ1) is 44.1. The molecule has 0 atom stereocenters. The Kier molecular flexibility index (Phi) is 15.0. The van der Waals surface area contributed by atoms with E-state index in [-0.39, 0.29) is 32.2 Å². The van der Waals surface area contributed by atoms with Gasteiger partial charge in [-0.3, -0.25) is 4.79 Å². The van der Waals surface area contributed by atoms with Gasteiger partial charge in [-0.15, -0.1) is 23.4 Å². The van der Waals surface area contributed by atoms with E-state index >= 15 is 0 Å². The average Bonchev–Trinajstić information content (AvgIpc) is 3.59. The number of nitrogens with zero attached hydrogens (tertiary/aromatic N) is 2. The van der Waals surface area contributed by atoms with E-state index in [2.05, 4.69) is 21.6 Å². The molecule has 8 nitrogen and oxygen atoms in total. The topological polar surface area (TPSA) is 88.3 Å². The molecule has 3 aromatic carbocycles. The minimum atomic E-state index is -1.22. The molecule has 5 aliphatic rings. The van der Waals surface area contributed by atoms with Crippen molar-refractivity contribution in [1.29, 1.82) is 0 Å². The first-order valence-electron chi connectivity index (χ1n) is 22.0. The number of hydrogen-bond donors (Lipinski definition) is 1. The number of unbranched alkanes of at least 4 members (excludes halogenated alkanes) is 3. The van der Waals surface area contributed by atoms with E-state index < -0.39 is 5.97 Å². The summed E-state index contributed by atoms with van der Waals surface area (Å²) in [5.41, 5.74) is 7.91. The van der Waals surface area contributed by atoms with Gasteiger partial charge in [-0.2, -0.15) is 0 Å². The lowest BCUT2D eigenvalue weighted by Crippen LogP contribution is -2.41. The van der Waals surface area contributed by atoms with E-state index in [4.69, 9.17) is 60.6 Å². The van der Waals surface area contributed by atoms with E-state index in [0.29, 0.717) is 61.2 Å². The number of halogens is 4. The van der Waals surface area contributed by atoms with E-state index in [1.54, 1.807) is 0 Å². The molecule has 0 amide bonds. The highest BCUT2D eigenvalue weighted by atomic mass is 35.5. The molecule has 0 aliphatic carbocycles. The maximum atomic E-state index is 13.4. The van der Waals surface area contributed by atoms with E-state index in [0.717, 1.165) is 138 Å². The quantitative estimate of drug-likeness (QED) is 0.0347. The van der Waals surface area contributed by atoms with Crippen molar-refractivity contribution in [3.8, 4) is 11.5 Å². The second-order valence-corrected chi connectivity index (χ2v) is 19.1. The number of benzene rings is 3. The predicted molar refractivity (Wildman–Crippen MR) is 244 cm³/mol. The van der Waals surface area contributed by atoms with Crippen LogP contribution in [-0.4, -0.2) is 81.1 Å². The lowest BCUT2D eigenvalue weighted by molar-refractivity contribution is -0.117. The van der Waals surface area contributed by atoms with Crippen LogP contribution in [-0.2, 0) is 40.0 Å². The van der Waals surface area contributed by atoms with E-state index in [9.17, 15) is 14.7 Å². The van der Waals surface area contributed by atoms with Gasteiger partial charge in [-0.25, -0.2) is 9.37 Å². The van der Waals surface area contributed by atoms with Gasteiger partial charge >= 0.3 is 5.97 Å². The van der Waals surface area contributed by atoms with Crippen LogP contribution < -0.4 is 24.8 Å². The highest BCUT2D eigenvalue weighted by molar-refractivity contribution is 8.00. The summed E-state index contributed by atoms with van der Waals surface area (Å²) < 4.78 is 21.2. The summed E-state index contributed by atoms with van der Waals surface area (Å²) in [7, 11) is 0. The van der Waals surface area contributed by atoms with Crippen LogP contribution in [0.2, 0.25) is 15.1 Å². The van der Waals surface area contributed by atoms with Gasteiger partial charge in [0.2, 0.25) is 5.36 Å². The largest absolute Gasteiger partial charge is 0.478 e. The summed E-state index contributed by atoms with van der Waals surface area (Å²) in [4.78, 5) is 29.7. The normalized spacial score (nSPS) is 16.6. The summed E-state index contributed by atoms with van der Waals surface area (Å²) in [6.07, 6.45) is 15.2. The van der Waals surface area contributed by atoms with Crippen LogP contribution in [0.15, 0.2) is 17.0 Å². The highest BCUT2D eigenvalue weighted by Crippen LogP contribution is 2.52. The standard InChI is InChI=1S/C47H54Cl4N2O6S/c48-17-5-1-2-8-22-57-24-25-58-23-11-14-31(54)28-60-46-40(50)37(38(47(55)56)39(49)41(46)51)36-34-26-29-12-3-6-18-52-20-9-15-32(42(29)52)44(34)59-45-33-16-10-21-53-19-7-4-13-30(43(33)53)27-35(36)45/h26-27H,1-25,28H2/p+1. The molecule has 0 fully saturated rings. The van der Waals surface area contributed by atoms with Gasteiger partial charge in [0.25, 0.3) is 0 Å². The number of alkyl halides is 1. The lowest BCUT2D eigenvalue weighted by Gasteiger charge is -2.36. The molecule has 8 rings (SSSR count). The van der Waals surface area contributed by atoms with Crippen molar-refractivity contribution >= 4 is 81.2 Å². The van der Waals surface area contributed by atoms with Gasteiger partial charge < -0.3 is 24.2 Å². The number of Topliss-reactive ketones (excluding diaryl/α,β-unsaturated/α-hetero) is 1. The Morgan fingerprint density at radius 2 is 1.50 bits per heavy atom. The Bertz CT molecular complexity index is 2280. The van der Waals surface area contributed by atoms with Gasteiger partial charge in [0.1, 0.15) is 30.4 Å². The summed E-state index contributed by atoms with van der Waals surface area (Å²) in [5.74, 6) is 1.18. The molecule has 0 aromatic heterocycles. The third-order valence-electron chi connectivity index (χ3n) is 12.6. The third-order valence-corrected chi connectivity index (χ3v) is 15.5. The Labute approximate surface area is 377 Å². The molecule has 5 heterocycles. The summed E-state index contributed by atoms with van der Waals surface area (Å²) >= 11 is 28.5. The molecule has 322 valence electrons. The summed E-state index contributed by atoms with van der Waals surface area (Å²) in [5, 5.41) is 13.2. The number of ether oxygens (including phenoxy) is 3. The number of ketones is 1. The molecule has 0 unspecified atom stereocenters. The molecule has 1 N–H and O–H groups in total. The second-order valence-electron chi connectivity index (χ2n) is 16.6. The molecule has 0 radical (unpaired) electrons. The number of aryl methyl sites for hydroxylation is 2. The van der Waals surface area contributed by atoms with Crippen LogP contribution in [0.5, 0.6) is 11.5 Å². The van der Waals surface area contributed by atoms with Crippen molar-refractivity contribution < 1.29 is 28.9 Å². The van der Waals surface area contributed by atoms with Crippen molar-refractivity contribution in [3.63, 3.8) is 0 Å². The molecule has 0 bridgehead atoms. The third kappa shape index (κ3) is 9.11. The summed E-state index contributed by atoms with van der Waals surface area (Å²) in [6, 6.07) is 4.47. The van der Waals surface area contributed by atoms with E-state index in [1.807, 2.05) is 0 Å². The number of carbonyl (C=O) groups is 2. The fourth-order valence-electron chi connectivity index (χ4n) is 9.87. The average molecular weight is 918 g/mol. The molecule has 0 saturated carbocycles. The van der Waals surface area contributed by atoms with Crippen molar-refractivity contribution in [2.24, 2.45) is 0 Å². The summed E-state index contributed by atoms with van der Waals surface area (Å²) in [6.45, 7) is 6.22. The van der Waals surface area contributed by atoms with Gasteiger partial charge in [0.15, 0.2) is 0 Å². The number of thioether (sulfide) groups is 1. The zero-order valence-corrected chi connectivity index (χ0v) is 38.2. The number of hydrogen-bond acceptors (Lipinski definition) is 7. The Hall–Kier alpha value is -2.50.